The standard InChI is InChI=1S/C18H21NO/c1-20-13-15-8-6-14(7-9-15)12-19-18-11-10-16-4-2-3-5-17(16)18/h2-9,18-19H,10-13H2,1H3. The Morgan fingerprint density at radius 1 is 1.05 bits per heavy atom. The predicted molar refractivity (Wildman–Crippen MR) is 81.5 cm³/mol. The second kappa shape index (κ2) is 6.21. The molecule has 0 saturated heterocycles. The van der Waals surface area contributed by atoms with E-state index in [4.69, 9.17) is 4.74 Å². The lowest BCUT2D eigenvalue weighted by molar-refractivity contribution is 0.185. The van der Waals surface area contributed by atoms with Gasteiger partial charge in [0.05, 0.1) is 6.61 Å². The summed E-state index contributed by atoms with van der Waals surface area (Å²) in [6, 6.07) is 17.9. The molecule has 1 aliphatic carbocycles. The summed E-state index contributed by atoms with van der Waals surface area (Å²) in [4.78, 5) is 0. The van der Waals surface area contributed by atoms with Gasteiger partial charge in [-0.25, -0.2) is 0 Å². The van der Waals surface area contributed by atoms with Crippen molar-refractivity contribution in [3.63, 3.8) is 0 Å². The van der Waals surface area contributed by atoms with Gasteiger partial charge in [0.25, 0.3) is 0 Å². The van der Waals surface area contributed by atoms with Crippen LogP contribution in [0, 0.1) is 0 Å². The summed E-state index contributed by atoms with van der Waals surface area (Å²) >= 11 is 0. The van der Waals surface area contributed by atoms with Crippen LogP contribution in [0.25, 0.3) is 0 Å². The number of aryl methyl sites for hydroxylation is 1. The van der Waals surface area contributed by atoms with Crippen molar-refractivity contribution in [2.75, 3.05) is 7.11 Å². The van der Waals surface area contributed by atoms with Crippen LogP contribution in [-0.4, -0.2) is 7.11 Å². The Hall–Kier alpha value is -1.64. The van der Waals surface area contributed by atoms with Gasteiger partial charge in [0, 0.05) is 19.7 Å². The second-order valence-electron chi connectivity index (χ2n) is 5.42. The molecule has 0 heterocycles. The lowest BCUT2D eigenvalue weighted by atomic mass is 10.1. The number of methoxy groups -OCH3 is 1. The van der Waals surface area contributed by atoms with E-state index in [0.717, 1.165) is 6.54 Å². The molecule has 2 nitrogen and oxygen atoms in total. The van der Waals surface area contributed by atoms with Gasteiger partial charge in [-0.2, -0.15) is 0 Å². The smallest absolute Gasteiger partial charge is 0.0713 e. The van der Waals surface area contributed by atoms with E-state index >= 15 is 0 Å². The van der Waals surface area contributed by atoms with E-state index in [9.17, 15) is 0 Å². The highest BCUT2D eigenvalue weighted by atomic mass is 16.5. The minimum atomic E-state index is 0.504. The average Bonchev–Trinajstić information content (AvgIpc) is 2.90. The first-order valence-corrected chi connectivity index (χ1v) is 7.25. The molecule has 104 valence electrons. The maximum absolute atomic E-state index is 5.13. The lowest BCUT2D eigenvalue weighted by Gasteiger charge is -2.14. The van der Waals surface area contributed by atoms with Gasteiger partial charge < -0.3 is 10.1 Å². The molecule has 1 atom stereocenters. The fourth-order valence-corrected chi connectivity index (χ4v) is 2.93. The normalized spacial score (nSPS) is 17.1. The molecule has 0 aromatic heterocycles. The molecule has 2 aromatic rings. The van der Waals surface area contributed by atoms with E-state index in [-0.39, 0.29) is 0 Å². The van der Waals surface area contributed by atoms with Gasteiger partial charge >= 0.3 is 0 Å². The summed E-state index contributed by atoms with van der Waals surface area (Å²) in [6.07, 6.45) is 2.40. The van der Waals surface area contributed by atoms with E-state index in [1.54, 1.807) is 7.11 Å². The van der Waals surface area contributed by atoms with Crippen LogP contribution in [-0.2, 0) is 24.3 Å². The maximum Gasteiger partial charge on any atom is 0.0713 e. The first-order chi connectivity index (χ1) is 9.86. The van der Waals surface area contributed by atoms with Crippen LogP contribution in [0.4, 0.5) is 0 Å². The van der Waals surface area contributed by atoms with Crippen molar-refractivity contribution < 1.29 is 4.74 Å². The molecule has 2 aromatic carbocycles. The van der Waals surface area contributed by atoms with Crippen LogP contribution in [0.15, 0.2) is 48.5 Å². The number of hydrogen-bond acceptors (Lipinski definition) is 2. The molecule has 2 heteroatoms. The molecule has 0 aliphatic heterocycles. The van der Waals surface area contributed by atoms with Crippen LogP contribution < -0.4 is 5.32 Å². The van der Waals surface area contributed by atoms with Crippen molar-refractivity contribution in [1.82, 2.24) is 5.32 Å². The van der Waals surface area contributed by atoms with E-state index < -0.39 is 0 Å². The highest BCUT2D eigenvalue weighted by Crippen LogP contribution is 2.30. The lowest BCUT2D eigenvalue weighted by Crippen LogP contribution is -2.18. The third-order valence-electron chi connectivity index (χ3n) is 4.02. The van der Waals surface area contributed by atoms with Gasteiger partial charge in [-0.3, -0.25) is 0 Å². The van der Waals surface area contributed by atoms with E-state index in [1.807, 2.05) is 0 Å². The number of benzene rings is 2. The summed E-state index contributed by atoms with van der Waals surface area (Å²) in [6.45, 7) is 1.61. The summed E-state index contributed by atoms with van der Waals surface area (Å²) in [7, 11) is 1.73. The maximum atomic E-state index is 5.13. The summed E-state index contributed by atoms with van der Waals surface area (Å²) in [5, 5.41) is 3.67. The number of ether oxygens (including phenoxy) is 1. The highest BCUT2D eigenvalue weighted by molar-refractivity contribution is 5.34. The Morgan fingerprint density at radius 2 is 1.80 bits per heavy atom. The summed E-state index contributed by atoms with van der Waals surface area (Å²) < 4.78 is 5.13. The SMILES string of the molecule is COCc1ccc(CNC2CCc3ccccc32)cc1. The van der Waals surface area contributed by atoms with Crippen molar-refractivity contribution in [2.24, 2.45) is 0 Å². The first kappa shape index (κ1) is 13.3. The topological polar surface area (TPSA) is 21.3 Å². The quantitative estimate of drug-likeness (QED) is 0.893. The Balaban J connectivity index is 1.60. The zero-order chi connectivity index (χ0) is 13.8. The summed E-state index contributed by atoms with van der Waals surface area (Å²) in [5.74, 6) is 0. The molecular formula is C18H21NO. The molecule has 1 unspecified atom stereocenters. The van der Waals surface area contributed by atoms with Gasteiger partial charge in [0.1, 0.15) is 0 Å². The van der Waals surface area contributed by atoms with Crippen molar-refractivity contribution in [1.29, 1.82) is 0 Å². The molecule has 0 bridgehead atoms. The van der Waals surface area contributed by atoms with Gasteiger partial charge in [-0.05, 0) is 35.1 Å². The molecule has 0 amide bonds. The molecular weight excluding hydrogens is 246 g/mol. The van der Waals surface area contributed by atoms with Gasteiger partial charge in [0.2, 0.25) is 0 Å². The molecule has 20 heavy (non-hydrogen) atoms. The third kappa shape index (κ3) is 2.92. The van der Waals surface area contributed by atoms with Crippen LogP contribution in [0.3, 0.4) is 0 Å². The molecule has 0 spiro atoms. The Labute approximate surface area is 120 Å². The Morgan fingerprint density at radius 3 is 2.60 bits per heavy atom. The largest absolute Gasteiger partial charge is 0.380 e. The second-order valence-corrected chi connectivity index (χ2v) is 5.42. The molecule has 1 aliphatic rings. The van der Waals surface area contributed by atoms with Crippen molar-refractivity contribution in [3.05, 3.63) is 70.8 Å². The van der Waals surface area contributed by atoms with Gasteiger partial charge in [-0.1, -0.05) is 48.5 Å². The van der Waals surface area contributed by atoms with E-state index in [1.165, 1.54) is 35.1 Å². The number of rotatable bonds is 5. The third-order valence-corrected chi connectivity index (χ3v) is 4.02. The van der Waals surface area contributed by atoms with Crippen molar-refractivity contribution in [2.45, 2.75) is 32.0 Å². The molecule has 1 N–H and O–H groups in total. The zero-order valence-electron chi connectivity index (χ0n) is 11.9. The summed E-state index contributed by atoms with van der Waals surface area (Å²) in [5.41, 5.74) is 5.53. The Kier molecular flexibility index (Phi) is 4.14. The minimum Gasteiger partial charge on any atom is -0.380 e. The van der Waals surface area contributed by atoms with Gasteiger partial charge in [-0.15, -0.1) is 0 Å². The van der Waals surface area contributed by atoms with Crippen LogP contribution >= 0.6 is 0 Å². The van der Waals surface area contributed by atoms with Crippen molar-refractivity contribution in [3.8, 4) is 0 Å². The van der Waals surface area contributed by atoms with Crippen LogP contribution in [0.5, 0.6) is 0 Å². The van der Waals surface area contributed by atoms with Crippen LogP contribution in [0.1, 0.15) is 34.7 Å². The molecule has 0 saturated carbocycles. The molecule has 0 fully saturated rings. The highest BCUT2D eigenvalue weighted by Gasteiger charge is 2.20. The first-order valence-electron chi connectivity index (χ1n) is 7.25. The Bertz CT molecular complexity index is 562. The van der Waals surface area contributed by atoms with Gasteiger partial charge in [0.15, 0.2) is 0 Å². The minimum absolute atomic E-state index is 0.504. The predicted octanol–water partition coefficient (Wildman–Crippen LogP) is 3.61. The fourth-order valence-electron chi connectivity index (χ4n) is 2.93. The van der Waals surface area contributed by atoms with E-state index in [2.05, 4.69) is 53.8 Å². The van der Waals surface area contributed by atoms with Crippen LogP contribution in [0.2, 0.25) is 0 Å². The fraction of sp³-hybridized carbons (Fsp3) is 0.333. The van der Waals surface area contributed by atoms with E-state index in [0.29, 0.717) is 12.6 Å². The number of hydrogen-bond donors (Lipinski definition) is 1. The average molecular weight is 267 g/mol. The van der Waals surface area contributed by atoms with Crippen molar-refractivity contribution >= 4 is 0 Å². The number of nitrogens with one attached hydrogen (secondary N) is 1. The molecule has 0 radical (unpaired) electrons. The molecule has 3 rings (SSSR count). The monoisotopic (exact) mass is 267 g/mol. The number of fused-ring (bicyclic) bond motifs is 1. The zero-order valence-corrected chi connectivity index (χ0v) is 11.9.